The number of nitrogens with zero attached hydrogens (tertiary/aromatic N) is 2. The topological polar surface area (TPSA) is 57.7 Å². The molecule has 3 unspecified atom stereocenters. The molecule has 4 rings (SSSR count). The van der Waals surface area contributed by atoms with Crippen molar-refractivity contribution in [3.63, 3.8) is 0 Å². The largest absolute Gasteiger partial charge is 0.333 e. The highest BCUT2D eigenvalue weighted by Crippen LogP contribution is 2.47. The first-order valence-electron chi connectivity index (χ1n) is 9.03. The average Bonchev–Trinajstić information content (AvgIpc) is 3.16. The Morgan fingerprint density at radius 2 is 1.69 bits per heavy atom. The van der Waals surface area contributed by atoms with Crippen molar-refractivity contribution in [2.75, 3.05) is 6.54 Å². The number of halogens is 2. The summed E-state index contributed by atoms with van der Waals surface area (Å²) in [7, 11) is 0. The van der Waals surface area contributed by atoms with Crippen molar-refractivity contribution in [1.29, 1.82) is 0 Å². The molecular weight excluding hydrogens is 375 g/mol. The van der Waals surface area contributed by atoms with Gasteiger partial charge in [0.2, 0.25) is 11.8 Å². The van der Waals surface area contributed by atoms with Gasteiger partial charge in [0.25, 0.3) is 0 Å². The van der Waals surface area contributed by atoms with Crippen LogP contribution in [0.15, 0.2) is 18.2 Å². The number of amides is 4. The predicted molar refractivity (Wildman–Crippen MR) is 98.0 cm³/mol. The van der Waals surface area contributed by atoms with Crippen molar-refractivity contribution in [1.82, 2.24) is 9.80 Å². The monoisotopic (exact) mass is 394 g/mol. The standard InChI is InChI=1S/C19H20Cl2N2O3/c20-14-6-12(7-15(21)9-14)3-4-22-17(24)10-18(25)23(19(22)26)16-8-11-1-2-13(16)5-11/h6-7,9,11,13,16H,1-5,8,10H2. The summed E-state index contributed by atoms with van der Waals surface area (Å²) in [5.74, 6) is 0.243. The lowest BCUT2D eigenvalue weighted by Crippen LogP contribution is -2.59. The second-order valence-electron chi connectivity index (χ2n) is 7.54. The second-order valence-corrected chi connectivity index (χ2v) is 8.41. The zero-order valence-electron chi connectivity index (χ0n) is 14.3. The molecule has 2 aliphatic carbocycles. The van der Waals surface area contributed by atoms with Crippen LogP contribution >= 0.6 is 23.2 Å². The van der Waals surface area contributed by atoms with Crippen molar-refractivity contribution in [3.8, 4) is 0 Å². The number of benzene rings is 1. The van der Waals surface area contributed by atoms with Gasteiger partial charge in [0.1, 0.15) is 6.42 Å². The van der Waals surface area contributed by atoms with E-state index in [9.17, 15) is 14.4 Å². The molecule has 0 spiro atoms. The van der Waals surface area contributed by atoms with Crippen LogP contribution in [0.25, 0.3) is 0 Å². The minimum Gasteiger partial charge on any atom is -0.274 e. The Bertz CT molecular complexity index is 762. The number of barbiturate groups is 1. The van der Waals surface area contributed by atoms with Gasteiger partial charge in [-0.3, -0.25) is 19.4 Å². The summed E-state index contributed by atoms with van der Waals surface area (Å²) in [4.78, 5) is 40.2. The van der Waals surface area contributed by atoms with E-state index < -0.39 is 11.9 Å². The molecule has 1 saturated heterocycles. The van der Waals surface area contributed by atoms with Crippen LogP contribution in [-0.2, 0) is 16.0 Å². The normalized spacial score (nSPS) is 28.4. The molecule has 1 aliphatic heterocycles. The van der Waals surface area contributed by atoms with Crippen LogP contribution in [0.3, 0.4) is 0 Å². The summed E-state index contributed by atoms with van der Waals surface area (Å²) in [6.07, 6.45) is 4.47. The van der Waals surface area contributed by atoms with E-state index >= 15 is 0 Å². The molecule has 4 amide bonds. The Morgan fingerprint density at radius 1 is 0.962 bits per heavy atom. The van der Waals surface area contributed by atoms with Crippen molar-refractivity contribution >= 4 is 41.0 Å². The van der Waals surface area contributed by atoms with Gasteiger partial charge in [-0.05, 0) is 61.3 Å². The number of hydrogen-bond acceptors (Lipinski definition) is 3. The maximum absolute atomic E-state index is 12.9. The molecule has 2 bridgehead atoms. The maximum Gasteiger partial charge on any atom is 0.333 e. The molecule has 7 heteroatoms. The third-order valence-corrected chi connectivity index (χ3v) is 6.32. The van der Waals surface area contributed by atoms with Gasteiger partial charge in [0.15, 0.2) is 0 Å². The van der Waals surface area contributed by atoms with E-state index in [2.05, 4.69) is 0 Å². The van der Waals surface area contributed by atoms with Gasteiger partial charge in [-0.1, -0.05) is 29.6 Å². The fourth-order valence-electron chi connectivity index (χ4n) is 4.72. The first-order chi connectivity index (χ1) is 12.4. The lowest BCUT2D eigenvalue weighted by Gasteiger charge is -2.39. The number of urea groups is 1. The van der Waals surface area contributed by atoms with E-state index in [0.717, 1.165) is 24.8 Å². The summed E-state index contributed by atoms with van der Waals surface area (Å²) in [6, 6.07) is 4.68. The van der Waals surface area contributed by atoms with E-state index in [1.807, 2.05) is 0 Å². The number of fused-ring (bicyclic) bond motifs is 2. The Labute approximate surface area is 162 Å². The third kappa shape index (κ3) is 3.23. The number of imide groups is 2. The summed E-state index contributed by atoms with van der Waals surface area (Å²) in [5, 5.41) is 1.03. The lowest BCUT2D eigenvalue weighted by atomic mass is 9.93. The first-order valence-corrected chi connectivity index (χ1v) is 9.79. The average molecular weight is 395 g/mol. The molecule has 2 saturated carbocycles. The smallest absolute Gasteiger partial charge is 0.274 e. The fraction of sp³-hybridized carbons (Fsp3) is 0.526. The van der Waals surface area contributed by atoms with E-state index in [4.69, 9.17) is 23.2 Å². The van der Waals surface area contributed by atoms with E-state index in [1.165, 1.54) is 16.2 Å². The Kier molecular flexibility index (Phi) is 4.70. The summed E-state index contributed by atoms with van der Waals surface area (Å²) in [6.45, 7) is 0.221. The number of carbonyl (C=O) groups is 3. The van der Waals surface area contributed by atoms with Gasteiger partial charge in [-0.2, -0.15) is 0 Å². The van der Waals surface area contributed by atoms with Crippen LogP contribution in [0.2, 0.25) is 10.0 Å². The van der Waals surface area contributed by atoms with E-state index in [1.54, 1.807) is 18.2 Å². The van der Waals surface area contributed by atoms with Crippen LogP contribution in [0.5, 0.6) is 0 Å². The van der Waals surface area contributed by atoms with Crippen LogP contribution in [-0.4, -0.2) is 40.2 Å². The van der Waals surface area contributed by atoms with Crippen molar-refractivity contribution in [3.05, 3.63) is 33.8 Å². The fourth-order valence-corrected chi connectivity index (χ4v) is 5.30. The molecule has 3 fully saturated rings. The van der Waals surface area contributed by atoms with Crippen LogP contribution in [0.1, 0.15) is 37.7 Å². The molecule has 26 heavy (non-hydrogen) atoms. The predicted octanol–water partition coefficient (Wildman–Crippen LogP) is 3.91. The summed E-state index contributed by atoms with van der Waals surface area (Å²) < 4.78 is 0. The van der Waals surface area contributed by atoms with Crippen LogP contribution in [0, 0.1) is 11.8 Å². The van der Waals surface area contributed by atoms with Gasteiger partial charge in [0, 0.05) is 22.6 Å². The van der Waals surface area contributed by atoms with Crippen molar-refractivity contribution < 1.29 is 14.4 Å². The highest BCUT2D eigenvalue weighted by Gasteiger charge is 2.49. The van der Waals surface area contributed by atoms with Crippen LogP contribution in [0.4, 0.5) is 4.79 Å². The van der Waals surface area contributed by atoms with Gasteiger partial charge >= 0.3 is 6.03 Å². The molecule has 0 N–H and O–H groups in total. The zero-order chi connectivity index (χ0) is 18.4. The van der Waals surface area contributed by atoms with Gasteiger partial charge in [-0.15, -0.1) is 0 Å². The summed E-state index contributed by atoms with van der Waals surface area (Å²) in [5.41, 5.74) is 0.853. The molecule has 5 nitrogen and oxygen atoms in total. The quantitative estimate of drug-likeness (QED) is 0.727. The van der Waals surface area contributed by atoms with Gasteiger partial charge in [0.05, 0.1) is 0 Å². The lowest BCUT2D eigenvalue weighted by molar-refractivity contribution is -0.144. The zero-order valence-corrected chi connectivity index (χ0v) is 15.8. The molecular formula is C19H20Cl2N2O3. The Morgan fingerprint density at radius 3 is 2.31 bits per heavy atom. The molecule has 138 valence electrons. The Balaban J connectivity index is 1.49. The molecule has 3 aliphatic rings. The highest BCUT2D eigenvalue weighted by atomic mass is 35.5. The number of hydrogen-bond donors (Lipinski definition) is 0. The molecule has 1 heterocycles. The maximum atomic E-state index is 12.9. The van der Waals surface area contributed by atoms with Gasteiger partial charge < -0.3 is 0 Å². The van der Waals surface area contributed by atoms with E-state index in [-0.39, 0.29) is 24.9 Å². The SMILES string of the molecule is O=C1CC(=O)N(C2CC3CCC2C3)C(=O)N1CCc1cc(Cl)cc(Cl)c1. The van der Waals surface area contributed by atoms with Crippen molar-refractivity contribution in [2.24, 2.45) is 11.8 Å². The molecule has 0 radical (unpaired) electrons. The summed E-state index contributed by atoms with van der Waals surface area (Å²) >= 11 is 12.0. The second kappa shape index (κ2) is 6.86. The molecule has 3 atom stereocenters. The first kappa shape index (κ1) is 17.8. The molecule has 1 aromatic carbocycles. The Hall–Kier alpha value is -1.59. The number of rotatable bonds is 4. The third-order valence-electron chi connectivity index (χ3n) is 5.89. The molecule has 0 aromatic heterocycles. The van der Waals surface area contributed by atoms with E-state index in [0.29, 0.717) is 28.3 Å². The van der Waals surface area contributed by atoms with Crippen LogP contribution < -0.4 is 0 Å². The van der Waals surface area contributed by atoms with Gasteiger partial charge in [-0.25, -0.2) is 4.79 Å². The highest BCUT2D eigenvalue weighted by molar-refractivity contribution is 6.34. The number of carbonyl (C=O) groups excluding carboxylic acids is 3. The minimum absolute atomic E-state index is 0.0371. The van der Waals surface area contributed by atoms with Crippen molar-refractivity contribution in [2.45, 2.75) is 44.6 Å². The molecule has 1 aromatic rings. The minimum atomic E-state index is -0.461.